The van der Waals surface area contributed by atoms with Crippen LogP contribution < -0.4 is 14.2 Å². The standard InChI is InChI=1S/C25H24N2O4S/c1-29-19-7-8-21-23(15-19)32-25(26-21)31-18-9-11-27(12-10-18)24(28)20-13-16-5-3-4-6-17(16)14-22(20)30-2/h3-8,13-15,18H,9-12H2,1-2H3. The lowest BCUT2D eigenvalue weighted by Crippen LogP contribution is -2.41. The van der Waals surface area contributed by atoms with Crippen molar-refractivity contribution in [3.63, 3.8) is 0 Å². The normalized spacial score (nSPS) is 14.6. The number of nitrogens with zero attached hydrogens (tertiary/aromatic N) is 2. The maximum Gasteiger partial charge on any atom is 0.274 e. The predicted molar refractivity (Wildman–Crippen MR) is 126 cm³/mol. The molecule has 7 heteroatoms. The summed E-state index contributed by atoms with van der Waals surface area (Å²) >= 11 is 1.52. The Bertz CT molecular complexity index is 1280. The Morgan fingerprint density at radius 3 is 2.47 bits per heavy atom. The summed E-state index contributed by atoms with van der Waals surface area (Å²) in [5.41, 5.74) is 1.51. The molecule has 0 N–H and O–H groups in total. The number of rotatable bonds is 5. The van der Waals surface area contributed by atoms with Crippen LogP contribution in [0.25, 0.3) is 21.0 Å². The predicted octanol–water partition coefficient (Wildman–Crippen LogP) is 5.15. The number of likely N-dealkylation sites (tertiary alicyclic amines) is 1. The van der Waals surface area contributed by atoms with E-state index in [0.717, 1.165) is 39.6 Å². The number of amides is 1. The molecular weight excluding hydrogens is 424 g/mol. The summed E-state index contributed by atoms with van der Waals surface area (Å²) in [6.07, 6.45) is 1.57. The second-order valence-electron chi connectivity index (χ2n) is 7.82. The number of benzene rings is 3. The number of fused-ring (bicyclic) bond motifs is 2. The Morgan fingerprint density at radius 2 is 1.75 bits per heavy atom. The molecule has 1 aromatic heterocycles. The Labute approximate surface area is 190 Å². The van der Waals surface area contributed by atoms with Gasteiger partial charge in [0.2, 0.25) is 0 Å². The number of piperidine rings is 1. The van der Waals surface area contributed by atoms with Gasteiger partial charge >= 0.3 is 0 Å². The number of carbonyl (C=O) groups is 1. The number of hydrogen-bond donors (Lipinski definition) is 0. The van der Waals surface area contributed by atoms with Crippen LogP contribution in [0.2, 0.25) is 0 Å². The molecule has 2 heterocycles. The summed E-state index contributed by atoms with van der Waals surface area (Å²) in [4.78, 5) is 19.7. The van der Waals surface area contributed by atoms with Crippen molar-refractivity contribution >= 4 is 38.2 Å². The number of hydrogen-bond acceptors (Lipinski definition) is 6. The SMILES string of the molecule is COc1ccc2nc(OC3CCN(C(=O)c4cc5ccccc5cc4OC)CC3)sc2c1. The van der Waals surface area contributed by atoms with Gasteiger partial charge in [-0.05, 0) is 41.1 Å². The molecule has 0 atom stereocenters. The van der Waals surface area contributed by atoms with Gasteiger partial charge in [0.15, 0.2) is 0 Å². The van der Waals surface area contributed by atoms with Gasteiger partial charge in [-0.2, -0.15) is 0 Å². The Balaban J connectivity index is 1.26. The van der Waals surface area contributed by atoms with Crippen molar-refractivity contribution in [2.45, 2.75) is 18.9 Å². The van der Waals surface area contributed by atoms with Gasteiger partial charge < -0.3 is 19.1 Å². The molecule has 0 radical (unpaired) electrons. The maximum absolute atomic E-state index is 13.2. The molecule has 0 aliphatic carbocycles. The van der Waals surface area contributed by atoms with Gasteiger partial charge in [-0.1, -0.05) is 35.6 Å². The van der Waals surface area contributed by atoms with Crippen LogP contribution in [0.15, 0.2) is 54.6 Å². The fourth-order valence-corrected chi connectivity index (χ4v) is 5.02. The fourth-order valence-electron chi connectivity index (χ4n) is 4.11. The fraction of sp³-hybridized carbons (Fsp3) is 0.280. The van der Waals surface area contributed by atoms with Crippen LogP contribution in [0.5, 0.6) is 16.7 Å². The first-order valence-corrected chi connectivity index (χ1v) is 11.4. The molecule has 164 valence electrons. The van der Waals surface area contributed by atoms with Gasteiger partial charge in [-0.15, -0.1) is 0 Å². The van der Waals surface area contributed by atoms with Crippen molar-refractivity contribution in [1.29, 1.82) is 0 Å². The molecule has 1 saturated heterocycles. The van der Waals surface area contributed by atoms with Crippen molar-refractivity contribution in [1.82, 2.24) is 9.88 Å². The molecule has 1 fully saturated rings. The van der Waals surface area contributed by atoms with Crippen LogP contribution in [-0.4, -0.2) is 49.2 Å². The largest absolute Gasteiger partial charge is 0.497 e. The third-order valence-electron chi connectivity index (χ3n) is 5.87. The number of thiazole rings is 1. The van der Waals surface area contributed by atoms with Gasteiger partial charge in [0, 0.05) is 25.9 Å². The first-order valence-electron chi connectivity index (χ1n) is 10.6. The zero-order valence-electron chi connectivity index (χ0n) is 18.0. The highest BCUT2D eigenvalue weighted by molar-refractivity contribution is 7.20. The highest BCUT2D eigenvalue weighted by Crippen LogP contribution is 2.33. The van der Waals surface area contributed by atoms with Crippen molar-refractivity contribution in [3.8, 4) is 16.7 Å². The summed E-state index contributed by atoms with van der Waals surface area (Å²) in [7, 11) is 3.26. The maximum atomic E-state index is 13.2. The number of carbonyl (C=O) groups excluding carboxylic acids is 1. The van der Waals surface area contributed by atoms with Crippen molar-refractivity contribution in [3.05, 3.63) is 60.2 Å². The molecule has 1 aliphatic rings. The molecular formula is C25H24N2O4S. The second-order valence-corrected chi connectivity index (χ2v) is 8.82. The molecule has 4 aromatic rings. The van der Waals surface area contributed by atoms with E-state index < -0.39 is 0 Å². The average molecular weight is 449 g/mol. The molecule has 0 unspecified atom stereocenters. The van der Waals surface area contributed by atoms with Crippen LogP contribution in [-0.2, 0) is 0 Å². The summed E-state index contributed by atoms with van der Waals surface area (Å²) in [5, 5.41) is 2.75. The molecule has 1 amide bonds. The summed E-state index contributed by atoms with van der Waals surface area (Å²) in [6, 6.07) is 17.7. The monoisotopic (exact) mass is 448 g/mol. The van der Waals surface area contributed by atoms with Gasteiger partial charge in [0.1, 0.15) is 17.6 Å². The van der Waals surface area contributed by atoms with E-state index in [1.54, 1.807) is 14.2 Å². The molecule has 0 saturated carbocycles. The van der Waals surface area contributed by atoms with Crippen LogP contribution in [0.3, 0.4) is 0 Å². The zero-order valence-corrected chi connectivity index (χ0v) is 18.9. The van der Waals surface area contributed by atoms with Crippen LogP contribution in [0.1, 0.15) is 23.2 Å². The second kappa shape index (κ2) is 8.67. The van der Waals surface area contributed by atoms with Crippen LogP contribution >= 0.6 is 11.3 Å². The summed E-state index contributed by atoms with van der Waals surface area (Å²) < 4.78 is 18.0. The lowest BCUT2D eigenvalue weighted by Gasteiger charge is -2.32. The first-order chi connectivity index (χ1) is 15.6. The molecule has 5 rings (SSSR count). The number of aromatic nitrogens is 1. The van der Waals surface area contributed by atoms with Crippen molar-refractivity contribution in [2.75, 3.05) is 27.3 Å². The third kappa shape index (κ3) is 3.96. The van der Waals surface area contributed by atoms with E-state index in [2.05, 4.69) is 4.98 Å². The minimum atomic E-state index is -0.00173. The Morgan fingerprint density at radius 1 is 1.00 bits per heavy atom. The Hall–Kier alpha value is -3.32. The van der Waals surface area contributed by atoms with E-state index in [4.69, 9.17) is 14.2 Å². The minimum Gasteiger partial charge on any atom is -0.497 e. The van der Waals surface area contributed by atoms with E-state index in [9.17, 15) is 4.79 Å². The molecule has 1 aliphatic heterocycles. The van der Waals surface area contributed by atoms with Crippen molar-refractivity contribution in [2.24, 2.45) is 0 Å². The Kier molecular flexibility index (Phi) is 5.57. The first kappa shape index (κ1) is 20.6. The van der Waals surface area contributed by atoms with E-state index >= 15 is 0 Å². The number of methoxy groups -OCH3 is 2. The summed E-state index contributed by atoms with van der Waals surface area (Å²) in [6.45, 7) is 1.27. The van der Waals surface area contributed by atoms with Crippen LogP contribution in [0.4, 0.5) is 0 Å². The van der Waals surface area contributed by atoms with E-state index in [1.165, 1.54) is 11.3 Å². The topological polar surface area (TPSA) is 60.9 Å². The highest BCUT2D eigenvalue weighted by Gasteiger charge is 2.27. The van der Waals surface area contributed by atoms with Gasteiger partial charge in [-0.3, -0.25) is 4.79 Å². The lowest BCUT2D eigenvalue weighted by atomic mass is 10.0. The molecule has 3 aromatic carbocycles. The molecule has 6 nitrogen and oxygen atoms in total. The van der Waals surface area contributed by atoms with Crippen LogP contribution in [0, 0.1) is 0 Å². The highest BCUT2D eigenvalue weighted by atomic mass is 32.1. The zero-order chi connectivity index (χ0) is 22.1. The quantitative estimate of drug-likeness (QED) is 0.423. The van der Waals surface area contributed by atoms with Gasteiger partial charge in [0.05, 0.1) is 30.0 Å². The molecule has 0 spiro atoms. The van der Waals surface area contributed by atoms with E-state index in [-0.39, 0.29) is 12.0 Å². The minimum absolute atomic E-state index is 0.00173. The lowest BCUT2D eigenvalue weighted by molar-refractivity contribution is 0.0593. The van der Waals surface area contributed by atoms with Gasteiger partial charge in [-0.25, -0.2) is 4.98 Å². The van der Waals surface area contributed by atoms with Gasteiger partial charge in [0.25, 0.3) is 11.1 Å². The average Bonchev–Trinajstić information content (AvgIpc) is 3.24. The van der Waals surface area contributed by atoms with E-state index in [1.807, 2.05) is 59.5 Å². The smallest absolute Gasteiger partial charge is 0.274 e. The third-order valence-corrected chi connectivity index (χ3v) is 6.78. The number of ether oxygens (including phenoxy) is 3. The molecule has 0 bridgehead atoms. The molecule has 32 heavy (non-hydrogen) atoms. The van der Waals surface area contributed by atoms with E-state index in [0.29, 0.717) is 29.6 Å². The summed E-state index contributed by atoms with van der Waals surface area (Å²) in [5.74, 6) is 1.42. The van der Waals surface area contributed by atoms with Crippen molar-refractivity contribution < 1.29 is 19.0 Å².